The van der Waals surface area contributed by atoms with E-state index in [0.29, 0.717) is 29.0 Å². The van der Waals surface area contributed by atoms with Gasteiger partial charge < -0.3 is 14.2 Å². The van der Waals surface area contributed by atoms with Crippen molar-refractivity contribution in [2.24, 2.45) is 0 Å². The molecule has 3 rings (SSSR count). The van der Waals surface area contributed by atoms with Gasteiger partial charge in [0.2, 0.25) is 11.7 Å². The lowest BCUT2D eigenvalue weighted by molar-refractivity contribution is -0.134. The molecule has 1 heterocycles. The molecule has 0 fully saturated rings. The second-order valence-electron chi connectivity index (χ2n) is 6.95. The summed E-state index contributed by atoms with van der Waals surface area (Å²) in [7, 11) is 0. The predicted octanol–water partition coefficient (Wildman–Crippen LogP) is 4.74. The SMILES string of the molecule is CCN(Cc1nc(-c2ccc(C)cc2)no1)C(=O)COc1cc(C)c(Cl)c(C)c1. The van der Waals surface area contributed by atoms with E-state index in [0.717, 1.165) is 22.3 Å². The van der Waals surface area contributed by atoms with Crippen molar-refractivity contribution in [2.45, 2.75) is 34.2 Å². The van der Waals surface area contributed by atoms with Gasteiger partial charge in [-0.05, 0) is 51.0 Å². The average molecular weight is 414 g/mol. The fraction of sp³-hybridized carbons (Fsp3) is 0.318. The Labute approximate surface area is 175 Å². The Morgan fingerprint density at radius 3 is 2.41 bits per heavy atom. The van der Waals surface area contributed by atoms with Gasteiger partial charge in [0.15, 0.2) is 6.61 Å². The molecule has 0 aliphatic heterocycles. The van der Waals surface area contributed by atoms with Crippen LogP contribution < -0.4 is 4.74 Å². The Kier molecular flexibility index (Phi) is 6.54. The molecule has 0 spiro atoms. The molecule has 2 aromatic carbocycles. The molecule has 7 heteroatoms. The summed E-state index contributed by atoms with van der Waals surface area (Å²) >= 11 is 6.18. The van der Waals surface area contributed by atoms with Crippen LogP contribution in [0.2, 0.25) is 5.02 Å². The number of benzene rings is 2. The van der Waals surface area contributed by atoms with Crippen LogP contribution >= 0.6 is 11.6 Å². The molecule has 1 amide bonds. The van der Waals surface area contributed by atoms with Crippen LogP contribution in [0.3, 0.4) is 0 Å². The number of nitrogens with zero attached hydrogens (tertiary/aromatic N) is 3. The van der Waals surface area contributed by atoms with Crippen molar-refractivity contribution in [3.8, 4) is 17.1 Å². The molecule has 0 saturated carbocycles. The van der Waals surface area contributed by atoms with Crippen LogP contribution in [0.15, 0.2) is 40.9 Å². The molecule has 0 saturated heterocycles. The maximum absolute atomic E-state index is 12.6. The number of carbonyl (C=O) groups is 1. The van der Waals surface area contributed by atoms with E-state index in [2.05, 4.69) is 10.1 Å². The fourth-order valence-electron chi connectivity index (χ4n) is 2.90. The molecule has 0 bridgehead atoms. The number of likely N-dealkylation sites (N-methyl/N-ethyl adjacent to an activating group) is 1. The molecule has 1 aromatic heterocycles. The third-order valence-corrected chi connectivity index (χ3v) is 5.21. The first-order valence-corrected chi connectivity index (χ1v) is 9.82. The Bertz CT molecular complexity index is 976. The van der Waals surface area contributed by atoms with E-state index >= 15 is 0 Å². The van der Waals surface area contributed by atoms with Crippen LogP contribution in [0.4, 0.5) is 0 Å². The largest absolute Gasteiger partial charge is 0.484 e. The van der Waals surface area contributed by atoms with Gasteiger partial charge in [-0.25, -0.2) is 0 Å². The van der Waals surface area contributed by atoms with Crippen molar-refractivity contribution in [3.63, 3.8) is 0 Å². The molecular formula is C22H24ClN3O3. The maximum Gasteiger partial charge on any atom is 0.260 e. The number of hydrogen-bond acceptors (Lipinski definition) is 5. The summed E-state index contributed by atoms with van der Waals surface area (Å²) in [5, 5.41) is 4.72. The molecule has 0 unspecified atom stereocenters. The van der Waals surface area contributed by atoms with Crippen LogP contribution in [-0.2, 0) is 11.3 Å². The Hall–Kier alpha value is -2.86. The van der Waals surface area contributed by atoms with Gasteiger partial charge in [-0.2, -0.15) is 4.98 Å². The van der Waals surface area contributed by atoms with E-state index in [1.807, 2.05) is 64.1 Å². The van der Waals surface area contributed by atoms with Gasteiger partial charge in [-0.15, -0.1) is 0 Å². The van der Waals surface area contributed by atoms with Crippen molar-refractivity contribution in [3.05, 3.63) is 64.0 Å². The summed E-state index contributed by atoms with van der Waals surface area (Å²) < 4.78 is 11.0. The highest BCUT2D eigenvalue weighted by Crippen LogP contribution is 2.26. The quantitative estimate of drug-likeness (QED) is 0.559. The first kappa shape index (κ1) is 20.9. The van der Waals surface area contributed by atoms with Gasteiger partial charge in [0.05, 0.1) is 0 Å². The second kappa shape index (κ2) is 9.09. The fourth-order valence-corrected chi connectivity index (χ4v) is 3.01. The van der Waals surface area contributed by atoms with Gasteiger partial charge in [-0.3, -0.25) is 4.79 Å². The van der Waals surface area contributed by atoms with Crippen LogP contribution in [0.25, 0.3) is 11.4 Å². The van der Waals surface area contributed by atoms with Crippen LogP contribution in [0, 0.1) is 20.8 Å². The number of aryl methyl sites for hydroxylation is 3. The zero-order valence-corrected chi connectivity index (χ0v) is 17.8. The number of rotatable bonds is 7. The van der Waals surface area contributed by atoms with Gasteiger partial charge in [0.1, 0.15) is 12.3 Å². The number of ether oxygens (including phenoxy) is 1. The molecular weight excluding hydrogens is 390 g/mol. The van der Waals surface area contributed by atoms with E-state index in [4.69, 9.17) is 20.9 Å². The molecule has 0 aliphatic rings. The summed E-state index contributed by atoms with van der Waals surface area (Å²) in [4.78, 5) is 18.6. The van der Waals surface area contributed by atoms with E-state index in [9.17, 15) is 4.79 Å². The number of carbonyl (C=O) groups excluding carboxylic acids is 1. The highest BCUT2D eigenvalue weighted by Gasteiger charge is 2.18. The molecule has 152 valence electrons. The van der Waals surface area contributed by atoms with Gasteiger partial charge in [-0.1, -0.05) is 46.6 Å². The van der Waals surface area contributed by atoms with Crippen LogP contribution in [-0.4, -0.2) is 34.1 Å². The third kappa shape index (κ3) is 5.15. The average Bonchev–Trinajstić information content (AvgIpc) is 3.17. The smallest absolute Gasteiger partial charge is 0.260 e. The van der Waals surface area contributed by atoms with E-state index in [1.54, 1.807) is 4.90 Å². The Morgan fingerprint density at radius 2 is 1.79 bits per heavy atom. The highest BCUT2D eigenvalue weighted by molar-refractivity contribution is 6.32. The molecule has 3 aromatic rings. The topological polar surface area (TPSA) is 68.5 Å². The summed E-state index contributed by atoms with van der Waals surface area (Å²) in [5.74, 6) is 1.35. The van der Waals surface area contributed by atoms with E-state index < -0.39 is 0 Å². The lowest BCUT2D eigenvalue weighted by atomic mass is 10.1. The van der Waals surface area contributed by atoms with Crippen molar-refractivity contribution in [2.75, 3.05) is 13.2 Å². The molecule has 29 heavy (non-hydrogen) atoms. The lowest BCUT2D eigenvalue weighted by Gasteiger charge is -2.19. The minimum absolute atomic E-state index is 0.0761. The number of hydrogen-bond donors (Lipinski definition) is 0. The summed E-state index contributed by atoms with van der Waals surface area (Å²) in [6, 6.07) is 11.5. The Balaban J connectivity index is 1.62. The lowest BCUT2D eigenvalue weighted by Crippen LogP contribution is -2.34. The summed E-state index contributed by atoms with van der Waals surface area (Å²) in [5.41, 5.74) is 3.86. The zero-order chi connectivity index (χ0) is 21.0. The second-order valence-corrected chi connectivity index (χ2v) is 7.32. The summed E-state index contributed by atoms with van der Waals surface area (Å²) in [6.45, 7) is 8.39. The molecule has 0 radical (unpaired) electrons. The standard InChI is InChI=1S/C22H24ClN3O3/c1-5-26(20(27)13-28-18-10-15(3)21(23)16(4)11-18)12-19-24-22(25-29-19)17-8-6-14(2)7-9-17/h6-11H,5,12-13H2,1-4H3. The van der Waals surface area contributed by atoms with Crippen molar-refractivity contribution >= 4 is 17.5 Å². The number of halogens is 1. The number of amides is 1. The van der Waals surface area contributed by atoms with Gasteiger partial charge in [0, 0.05) is 17.1 Å². The molecule has 0 aliphatic carbocycles. The Morgan fingerprint density at radius 1 is 1.14 bits per heavy atom. The number of aromatic nitrogens is 2. The molecule has 0 N–H and O–H groups in total. The van der Waals surface area contributed by atoms with E-state index in [1.165, 1.54) is 0 Å². The first-order chi connectivity index (χ1) is 13.9. The highest BCUT2D eigenvalue weighted by atomic mass is 35.5. The molecule has 0 atom stereocenters. The van der Waals surface area contributed by atoms with Crippen molar-refractivity contribution in [1.29, 1.82) is 0 Å². The van der Waals surface area contributed by atoms with Crippen molar-refractivity contribution < 1.29 is 14.1 Å². The minimum Gasteiger partial charge on any atom is -0.484 e. The zero-order valence-electron chi connectivity index (χ0n) is 17.0. The van der Waals surface area contributed by atoms with E-state index in [-0.39, 0.29) is 19.1 Å². The van der Waals surface area contributed by atoms with Crippen LogP contribution in [0.5, 0.6) is 5.75 Å². The minimum atomic E-state index is -0.159. The monoisotopic (exact) mass is 413 g/mol. The predicted molar refractivity (Wildman–Crippen MR) is 112 cm³/mol. The third-order valence-electron chi connectivity index (χ3n) is 4.61. The maximum atomic E-state index is 12.6. The summed E-state index contributed by atoms with van der Waals surface area (Å²) in [6.07, 6.45) is 0. The van der Waals surface area contributed by atoms with Crippen molar-refractivity contribution in [1.82, 2.24) is 15.0 Å². The van der Waals surface area contributed by atoms with Crippen LogP contribution in [0.1, 0.15) is 29.5 Å². The normalized spacial score (nSPS) is 10.8. The van der Waals surface area contributed by atoms with Gasteiger partial charge in [0.25, 0.3) is 5.91 Å². The molecule has 6 nitrogen and oxygen atoms in total. The van der Waals surface area contributed by atoms with Gasteiger partial charge >= 0.3 is 0 Å². The first-order valence-electron chi connectivity index (χ1n) is 9.44.